The summed E-state index contributed by atoms with van der Waals surface area (Å²) in [4.78, 5) is 1.85. The molecule has 1 aromatic rings. The van der Waals surface area contributed by atoms with Gasteiger partial charge in [0.15, 0.2) is 0 Å². The molecule has 0 saturated carbocycles. The van der Waals surface area contributed by atoms with Crippen molar-refractivity contribution in [3.63, 3.8) is 0 Å². The first-order valence-electron chi connectivity index (χ1n) is 7.09. The maximum Gasteiger partial charge on any atom is 0.418 e. The van der Waals surface area contributed by atoms with E-state index in [1.54, 1.807) is 30.8 Å². The molecule has 1 aliphatic rings. The van der Waals surface area contributed by atoms with Gasteiger partial charge in [0.1, 0.15) is 0 Å². The van der Waals surface area contributed by atoms with Crippen molar-refractivity contribution in [3.8, 4) is 0 Å². The van der Waals surface area contributed by atoms with Gasteiger partial charge in [-0.25, -0.2) is 0 Å². The highest BCUT2D eigenvalue weighted by atomic mass is 32.2. The number of benzene rings is 1. The molecule has 2 nitrogen and oxygen atoms in total. The minimum atomic E-state index is -4.34. The van der Waals surface area contributed by atoms with E-state index < -0.39 is 11.7 Å². The molecule has 2 unspecified atom stereocenters. The Morgan fingerprint density at radius 3 is 2.71 bits per heavy atom. The van der Waals surface area contributed by atoms with Crippen molar-refractivity contribution >= 4 is 17.4 Å². The summed E-state index contributed by atoms with van der Waals surface area (Å²) in [5, 5.41) is 0.351. The second-order valence-corrected chi connectivity index (χ2v) is 7.20. The van der Waals surface area contributed by atoms with Crippen molar-refractivity contribution in [1.82, 2.24) is 0 Å². The minimum absolute atomic E-state index is 0.150. The van der Waals surface area contributed by atoms with Crippen LogP contribution in [0.4, 0.5) is 18.9 Å². The van der Waals surface area contributed by atoms with Gasteiger partial charge in [-0.15, -0.1) is 0 Å². The van der Waals surface area contributed by atoms with Crippen LogP contribution in [0.25, 0.3) is 0 Å². The van der Waals surface area contributed by atoms with E-state index in [2.05, 4.69) is 6.92 Å². The Balaban J connectivity index is 2.35. The summed E-state index contributed by atoms with van der Waals surface area (Å²) >= 11 is 1.80. The molecule has 118 valence electrons. The fourth-order valence-corrected chi connectivity index (χ4v) is 3.64. The number of anilines is 1. The summed E-state index contributed by atoms with van der Waals surface area (Å²) in [6, 6.07) is 4.47. The Morgan fingerprint density at radius 2 is 2.14 bits per heavy atom. The van der Waals surface area contributed by atoms with Crippen LogP contribution in [-0.2, 0) is 12.6 Å². The lowest BCUT2D eigenvalue weighted by molar-refractivity contribution is -0.137. The van der Waals surface area contributed by atoms with Crippen molar-refractivity contribution in [2.75, 3.05) is 23.7 Å². The third-order valence-electron chi connectivity index (χ3n) is 3.51. The molecule has 0 radical (unpaired) electrons. The van der Waals surface area contributed by atoms with Gasteiger partial charge < -0.3 is 10.6 Å². The molecular weight excluding hydrogens is 297 g/mol. The highest BCUT2D eigenvalue weighted by molar-refractivity contribution is 8.00. The monoisotopic (exact) mass is 318 g/mol. The van der Waals surface area contributed by atoms with Crippen LogP contribution < -0.4 is 10.6 Å². The molecule has 0 bridgehead atoms. The molecule has 1 aromatic carbocycles. The molecule has 1 saturated heterocycles. The molecule has 1 heterocycles. The fraction of sp³-hybridized carbons (Fsp3) is 0.600. The maximum absolute atomic E-state index is 13.4. The van der Waals surface area contributed by atoms with Crippen LogP contribution in [0, 0.1) is 0 Å². The normalized spacial score (nSPS) is 21.4. The van der Waals surface area contributed by atoms with Gasteiger partial charge in [0.25, 0.3) is 0 Å². The Labute approximate surface area is 127 Å². The van der Waals surface area contributed by atoms with Crippen LogP contribution in [0.2, 0.25) is 0 Å². The second-order valence-electron chi connectivity index (χ2n) is 5.66. The van der Waals surface area contributed by atoms with Crippen LogP contribution in [0.1, 0.15) is 25.0 Å². The van der Waals surface area contributed by atoms with Crippen LogP contribution >= 0.6 is 11.8 Å². The molecule has 0 amide bonds. The summed E-state index contributed by atoms with van der Waals surface area (Å²) in [6.07, 6.45) is -3.88. The molecule has 2 atom stereocenters. The lowest BCUT2D eigenvalue weighted by atomic mass is 10.0. The summed E-state index contributed by atoms with van der Waals surface area (Å²) in [7, 11) is 0. The zero-order valence-corrected chi connectivity index (χ0v) is 13.1. The van der Waals surface area contributed by atoms with E-state index in [1.165, 1.54) is 6.07 Å². The Kier molecular flexibility index (Phi) is 5.09. The second kappa shape index (κ2) is 6.48. The number of hydrogen-bond donors (Lipinski definition) is 1. The standard InChI is InChI=1S/C15H21F3N2S/c1-10(19)7-12-3-4-14(13(8-12)15(16,17)18)20-5-6-21-11(2)9-20/h3-4,8,10-11H,5-7,9,19H2,1-2H3. The van der Waals surface area contributed by atoms with E-state index in [0.717, 1.165) is 5.75 Å². The molecule has 0 aromatic heterocycles. The van der Waals surface area contributed by atoms with Gasteiger partial charge in [0, 0.05) is 35.8 Å². The third-order valence-corrected chi connectivity index (χ3v) is 4.64. The largest absolute Gasteiger partial charge is 0.418 e. The number of rotatable bonds is 3. The van der Waals surface area contributed by atoms with Gasteiger partial charge in [-0.2, -0.15) is 24.9 Å². The number of halogens is 3. The van der Waals surface area contributed by atoms with Crippen molar-refractivity contribution in [2.24, 2.45) is 5.73 Å². The van der Waals surface area contributed by atoms with E-state index in [1.807, 2.05) is 4.90 Å². The fourth-order valence-electron chi connectivity index (χ4n) is 2.62. The van der Waals surface area contributed by atoms with Gasteiger partial charge in [-0.05, 0) is 31.0 Å². The molecule has 0 spiro atoms. The van der Waals surface area contributed by atoms with E-state index >= 15 is 0 Å². The molecule has 6 heteroatoms. The molecule has 2 N–H and O–H groups in total. The SMILES string of the molecule is CC(N)Cc1ccc(N2CCSC(C)C2)c(C(F)(F)F)c1. The number of nitrogens with two attached hydrogens (primary N) is 1. The van der Waals surface area contributed by atoms with E-state index in [-0.39, 0.29) is 6.04 Å². The quantitative estimate of drug-likeness (QED) is 0.924. The van der Waals surface area contributed by atoms with Gasteiger partial charge in [-0.1, -0.05) is 13.0 Å². The van der Waals surface area contributed by atoms with Crippen molar-refractivity contribution < 1.29 is 13.2 Å². The van der Waals surface area contributed by atoms with E-state index in [4.69, 9.17) is 5.73 Å². The zero-order valence-electron chi connectivity index (χ0n) is 12.3. The first-order chi connectivity index (χ1) is 9.77. The molecule has 2 rings (SSSR count). The van der Waals surface area contributed by atoms with Crippen molar-refractivity contribution in [2.45, 2.75) is 37.7 Å². The first kappa shape index (κ1) is 16.5. The predicted molar refractivity (Wildman–Crippen MR) is 82.9 cm³/mol. The lowest BCUT2D eigenvalue weighted by Crippen LogP contribution is -2.37. The van der Waals surface area contributed by atoms with Crippen LogP contribution in [0.3, 0.4) is 0 Å². The van der Waals surface area contributed by atoms with Gasteiger partial charge in [0.05, 0.1) is 5.56 Å². The molecular formula is C15H21F3N2S. The molecule has 1 aliphatic heterocycles. The minimum Gasteiger partial charge on any atom is -0.369 e. The molecule has 1 fully saturated rings. The lowest BCUT2D eigenvalue weighted by Gasteiger charge is -2.34. The summed E-state index contributed by atoms with van der Waals surface area (Å²) < 4.78 is 40.1. The van der Waals surface area contributed by atoms with E-state index in [9.17, 15) is 13.2 Å². The Morgan fingerprint density at radius 1 is 1.43 bits per heavy atom. The Bertz CT molecular complexity index is 488. The van der Waals surface area contributed by atoms with Gasteiger partial charge in [-0.3, -0.25) is 0 Å². The summed E-state index contributed by atoms with van der Waals surface area (Å²) in [5.74, 6) is 0.861. The van der Waals surface area contributed by atoms with Crippen LogP contribution in [0.15, 0.2) is 18.2 Å². The van der Waals surface area contributed by atoms with E-state index in [0.29, 0.717) is 36.0 Å². The third kappa shape index (κ3) is 4.30. The smallest absolute Gasteiger partial charge is 0.369 e. The van der Waals surface area contributed by atoms with Crippen molar-refractivity contribution in [1.29, 1.82) is 0 Å². The topological polar surface area (TPSA) is 29.3 Å². The molecule has 21 heavy (non-hydrogen) atoms. The highest BCUT2D eigenvalue weighted by Crippen LogP contribution is 2.38. The summed E-state index contributed by atoms with van der Waals surface area (Å²) in [5.41, 5.74) is 6.08. The van der Waals surface area contributed by atoms with Crippen LogP contribution in [0.5, 0.6) is 0 Å². The number of nitrogens with zero attached hydrogens (tertiary/aromatic N) is 1. The maximum atomic E-state index is 13.4. The average Bonchev–Trinajstić information content (AvgIpc) is 2.37. The number of thioether (sulfide) groups is 1. The zero-order chi connectivity index (χ0) is 15.6. The highest BCUT2D eigenvalue weighted by Gasteiger charge is 2.35. The Hall–Kier alpha value is -0.880. The van der Waals surface area contributed by atoms with Gasteiger partial charge in [0.2, 0.25) is 0 Å². The summed E-state index contributed by atoms with van der Waals surface area (Å²) in [6.45, 7) is 5.16. The first-order valence-corrected chi connectivity index (χ1v) is 8.14. The van der Waals surface area contributed by atoms with Gasteiger partial charge >= 0.3 is 6.18 Å². The number of alkyl halides is 3. The predicted octanol–water partition coefficient (Wildman–Crippen LogP) is 3.54. The number of hydrogen-bond acceptors (Lipinski definition) is 3. The molecule has 0 aliphatic carbocycles. The average molecular weight is 318 g/mol. The van der Waals surface area contributed by atoms with Crippen molar-refractivity contribution in [3.05, 3.63) is 29.3 Å². The van der Waals surface area contributed by atoms with Crippen LogP contribution in [-0.4, -0.2) is 30.1 Å².